The molecule has 1 aliphatic carbocycles. The minimum atomic E-state index is -1.21. The fraction of sp³-hybridized carbons (Fsp3) is 0.500. The number of hydrogen-bond acceptors (Lipinski definition) is 4. The maximum absolute atomic E-state index is 11.3. The summed E-state index contributed by atoms with van der Waals surface area (Å²) in [5.41, 5.74) is 1.76. The highest BCUT2D eigenvalue weighted by molar-refractivity contribution is 5.76. The second-order valence-corrected chi connectivity index (χ2v) is 4.76. The summed E-state index contributed by atoms with van der Waals surface area (Å²) >= 11 is 0. The fourth-order valence-corrected chi connectivity index (χ4v) is 2.23. The molecule has 1 atom stereocenters. The van der Waals surface area contributed by atoms with Crippen molar-refractivity contribution in [2.45, 2.75) is 24.4 Å². The van der Waals surface area contributed by atoms with Crippen molar-refractivity contribution in [3.05, 3.63) is 35.4 Å². The molecular formula is C14H18O4. The number of esters is 1. The second kappa shape index (κ2) is 5.08. The molecule has 18 heavy (non-hydrogen) atoms. The predicted molar refractivity (Wildman–Crippen MR) is 66.2 cm³/mol. The van der Waals surface area contributed by atoms with Crippen LogP contribution in [0.4, 0.5) is 0 Å². The van der Waals surface area contributed by atoms with E-state index in [1.54, 1.807) is 13.2 Å². The van der Waals surface area contributed by atoms with Gasteiger partial charge in [-0.3, -0.25) is 0 Å². The molecule has 98 valence electrons. The number of aliphatic hydroxyl groups is 1. The summed E-state index contributed by atoms with van der Waals surface area (Å²) < 4.78 is 9.78. The zero-order chi connectivity index (χ0) is 13.2. The van der Waals surface area contributed by atoms with Crippen molar-refractivity contribution in [3.63, 3.8) is 0 Å². The van der Waals surface area contributed by atoms with Crippen molar-refractivity contribution in [1.29, 1.82) is 0 Å². The van der Waals surface area contributed by atoms with Crippen molar-refractivity contribution in [2.75, 3.05) is 20.8 Å². The van der Waals surface area contributed by atoms with Crippen LogP contribution in [0.25, 0.3) is 0 Å². The SMILES string of the molecule is COCC1(c2cccc(C(O)C(=O)OC)c2)CC1. The van der Waals surface area contributed by atoms with Crippen LogP contribution >= 0.6 is 0 Å². The third kappa shape index (κ3) is 2.40. The van der Waals surface area contributed by atoms with E-state index in [4.69, 9.17) is 4.74 Å². The Balaban J connectivity index is 2.23. The van der Waals surface area contributed by atoms with Crippen LogP contribution < -0.4 is 0 Å². The highest BCUT2D eigenvalue weighted by atomic mass is 16.5. The van der Waals surface area contributed by atoms with Gasteiger partial charge in [0.2, 0.25) is 0 Å². The van der Waals surface area contributed by atoms with E-state index >= 15 is 0 Å². The van der Waals surface area contributed by atoms with Crippen LogP contribution in [-0.4, -0.2) is 31.9 Å². The Morgan fingerprint density at radius 2 is 2.17 bits per heavy atom. The molecule has 0 heterocycles. The lowest BCUT2D eigenvalue weighted by molar-refractivity contribution is -0.150. The minimum Gasteiger partial charge on any atom is -0.467 e. The van der Waals surface area contributed by atoms with Gasteiger partial charge in [0, 0.05) is 12.5 Å². The topological polar surface area (TPSA) is 55.8 Å². The molecule has 0 spiro atoms. The van der Waals surface area contributed by atoms with Gasteiger partial charge in [0.1, 0.15) is 0 Å². The minimum absolute atomic E-state index is 0.0700. The van der Waals surface area contributed by atoms with Gasteiger partial charge in [-0.15, -0.1) is 0 Å². The quantitative estimate of drug-likeness (QED) is 0.806. The molecule has 1 unspecified atom stereocenters. The molecule has 0 amide bonds. The largest absolute Gasteiger partial charge is 0.467 e. The summed E-state index contributed by atoms with van der Waals surface area (Å²) in [6.07, 6.45) is 0.949. The molecule has 0 bridgehead atoms. The van der Waals surface area contributed by atoms with Crippen LogP contribution in [0.15, 0.2) is 24.3 Å². The highest BCUT2D eigenvalue weighted by Gasteiger charge is 2.44. The van der Waals surface area contributed by atoms with E-state index in [2.05, 4.69) is 4.74 Å². The average molecular weight is 250 g/mol. The van der Waals surface area contributed by atoms with Crippen LogP contribution in [-0.2, 0) is 19.7 Å². The maximum atomic E-state index is 11.3. The molecule has 0 aliphatic heterocycles. The molecule has 0 aromatic heterocycles. The average Bonchev–Trinajstić information content (AvgIpc) is 3.18. The van der Waals surface area contributed by atoms with Crippen molar-refractivity contribution in [1.82, 2.24) is 0 Å². The molecule has 1 aliphatic rings. The van der Waals surface area contributed by atoms with E-state index in [-0.39, 0.29) is 5.41 Å². The van der Waals surface area contributed by atoms with Gasteiger partial charge in [0.05, 0.1) is 13.7 Å². The van der Waals surface area contributed by atoms with Crippen LogP contribution in [0.3, 0.4) is 0 Å². The summed E-state index contributed by atoms with van der Waals surface area (Å²) in [5.74, 6) is -0.635. The van der Waals surface area contributed by atoms with Gasteiger partial charge in [0.15, 0.2) is 6.10 Å². The van der Waals surface area contributed by atoms with E-state index < -0.39 is 12.1 Å². The molecule has 1 aromatic rings. The Morgan fingerprint density at radius 3 is 2.72 bits per heavy atom. The monoisotopic (exact) mass is 250 g/mol. The first-order chi connectivity index (χ1) is 8.63. The van der Waals surface area contributed by atoms with Crippen LogP contribution in [0.2, 0.25) is 0 Å². The first-order valence-corrected chi connectivity index (χ1v) is 5.98. The number of carbonyl (C=O) groups is 1. The molecule has 1 N–H and O–H groups in total. The standard InChI is InChI=1S/C14H18O4/c1-17-9-14(6-7-14)11-5-3-4-10(8-11)12(15)13(16)18-2/h3-5,8,12,15H,6-7,9H2,1-2H3. The highest BCUT2D eigenvalue weighted by Crippen LogP contribution is 2.48. The summed E-state index contributed by atoms with van der Waals surface area (Å²) in [4.78, 5) is 11.3. The van der Waals surface area contributed by atoms with Crippen LogP contribution in [0.5, 0.6) is 0 Å². The van der Waals surface area contributed by atoms with Gasteiger partial charge in [-0.05, 0) is 24.0 Å². The number of carbonyl (C=O) groups excluding carboxylic acids is 1. The number of hydrogen-bond donors (Lipinski definition) is 1. The van der Waals surface area contributed by atoms with E-state index in [9.17, 15) is 9.90 Å². The lowest BCUT2D eigenvalue weighted by Gasteiger charge is -2.16. The van der Waals surface area contributed by atoms with E-state index in [1.165, 1.54) is 7.11 Å². The molecule has 2 rings (SSSR count). The van der Waals surface area contributed by atoms with Crippen LogP contribution in [0.1, 0.15) is 30.1 Å². The number of aliphatic hydroxyl groups excluding tert-OH is 1. The van der Waals surface area contributed by atoms with Crippen molar-refractivity contribution < 1.29 is 19.4 Å². The summed E-state index contributed by atoms with van der Waals surface area (Å²) in [6.45, 7) is 0.671. The Bertz CT molecular complexity index is 437. The number of ether oxygens (including phenoxy) is 2. The Hall–Kier alpha value is -1.39. The smallest absolute Gasteiger partial charge is 0.339 e. The zero-order valence-corrected chi connectivity index (χ0v) is 10.7. The van der Waals surface area contributed by atoms with Crippen molar-refractivity contribution in [2.24, 2.45) is 0 Å². The molecule has 4 nitrogen and oxygen atoms in total. The lowest BCUT2D eigenvalue weighted by Crippen LogP contribution is -2.17. The summed E-state index contributed by atoms with van der Waals surface area (Å²) in [7, 11) is 2.95. The third-order valence-corrected chi connectivity index (χ3v) is 3.51. The van der Waals surface area contributed by atoms with Gasteiger partial charge in [-0.25, -0.2) is 4.79 Å². The first-order valence-electron chi connectivity index (χ1n) is 5.98. The predicted octanol–water partition coefficient (Wildman–Crippen LogP) is 1.57. The summed E-state index contributed by atoms with van der Waals surface area (Å²) in [6, 6.07) is 7.47. The normalized spacial score (nSPS) is 18.2. The second-order valence-electron chi connectivity index (χ2n) is 4.76. The fourth-order valence-electron chi connectivity index (χ4n) is 2.23. The van der Waals surface area contributed by atoms with Gasteiger partial charge < -0.3 is 14.6 Å². The Morgan fingerprint density at radius 1 is 1.44 bits per heavy atom. The lowest BCUT2D eigenvalue weighted by atomic mass is 9.94. The molecule has 0 saturated heterocycles. The van der Waals surface area contributed by atoms with Gasteiger partial charge in [0.25, 0.3) is 0 Å². The molecule has 1 saturated carbocycles. The Labute approximate surface area is 107 Å². The maximum Gasteiger partial charge on any atom is 0.339 e. The van der Waals surface area contributed by atoms with Gasteiger partial charge in [-0.1, -0.05) is 24.3 Å². The summed E-state index contributed by atoms with van der Waals surface area (Å²) in [5, 5.41) is 9.82. The van der Waals surface area contributed by atoms with E-state index in [0.29, 0.717) is 12.2 Å². The Kier molecular flexibility index (Phi) is 3.68. The molecular weight excluding hydrogens is 232 g/mol. The van der Waals surface area contributed by atoms with E-state index in [1.807, 2.05) is 18.2 Å². The number of benzene rings is 1. The van der Waals surface area contributed by atoms with Crippen LogP contribution in [0, 0.1) is 0 Å². The van der Waals surface area contributed by atoms with E-state index in [0.717, 1.165) is 18.4 Å². The van der Waals surface area contributed by atoms with Crippen molar-refractivity contribution >= 4 is 5.97 Å². The van der Waals surface area contributed by atoms with Gasteiger partial charge >= 0.3 is 5.97 Å². The third-order valence-electron chi connectivity index (χ3n) is 3.51. The van der Waals surface area contributed by atoms with Gasteiger partial charge in [-0.2, -0.15) is 0 Å². The first kappa shape index (κ1) is 13.1. The zero-order valence-electron chi connectivity index (χ0n) is 10.7. The molecule has 1 fully saturated rings. The molecule has 1 aromatic carbocycles. The van der Waals surface area contributed by atoms with Crippen molar-refractivity contribution in [3.8, 4) is 0 Å². The number of methoxy groups -OCH3 is 2. The number of rotatable bonds is 5. The molecule has 0 radical (unpaired) electrons. The molecule has 4 heteroatoms.